The Morgan fingerprint density at radius 3 is 2.53 bits per heavy atom. The average Bonchev–Trinajstić information content (AvgIpc) is 2.10. The van der Waals surface area contributed by atoms with Gasteiger partial charge in [0.15, 0.2) is 5.75 Å². The van der Waals surface area contributed by atoms with Crippen molar-refractivity contribution in [1.82, 2.24) is 4.72 Å². The first-order valence-electron chi connectivity index (χ1n) is 4.67. The van der Waals surface area contributed by atoms with Crippen LogP contribution in [0.3, 0.4) is 0 Å². The highest BCUT2D eigenvalue weighted by atomic mass is 32.2. The van der Waals surface area contributed by atoms with Crippen molar-refractivity contribution in [2.75, 3.05) is 18.9 Å². The molecule has 3 N–H and O–H groups in total. The van der Waals surface area contributed by atoms with Crippen LogP contribution in [0.15, 0.2) is 0 Å². The van der Waals surface area contributed by atoms with Gasteiger partial charge in [0.1, 0.15) is 0 Å². The molecule has 0 fully saturated rings. The first kappa shape index (κ1) is 14.3. The highest BCUT2D eigenvalue weighted by molar-refractivity contribution is 7.90. The quantitative estimate of drug-likeness (QED) is 0.491. The highest BCUT2D eigenvalue weighted by Gasteiger charge is 2.14. The Bertz CT molecular complexity index is 287. The molecule has 1 atom stereocenters. The van der Waals surface area contributed by atoms with Gasteiger partial charge in [-0.1, -0.05) is 6.92 Å². The standard InChI is InChI=1S/C8H17NO5S/c1-7(5-10)3-2-4-9-15(13,14)6-8(11)12/h7,9-10H,2-6H2,1H3,(H,11,12). The fourth-order valence-electron chi connectivity index (χ4n) is 0.983. The number of aliphatic hydroxyl groups excluding tert-OH is 1. The first-order chi connectivity index (χ1) is 6.87. The summed E-state index contributed by atoms with van der Waals surface area (Å²) < 4.78 is 24.2. The predicted octanol–water partition coefficient (Wildman–Crippen LogP) is -0.601. The molecule has 90 valence electrons. The summed E-state index contributed by atoms with van der Waals surface area (Å²) in [6.07, 6.45) is 1.28. The second kappa shape index (κ2) is 6.76. The summed E-state index contributed by atoms with van der Waals surface area (Å²) in [4.78, 5) is 10.1. The van der Waals surface area contributed by atoms with E-state index in [2.05, 4.69) is 4.72 Å². The van der Waals surface area contributed by atoms with E-state index in [4.69, 9.17) is 10.2 Å². The van der Waals surface area contributed by atoms with Gasteiger partial charge in [0.25, 0.3) is 0 Å². The molecule has 0 bridgehead atoms. The lowest BCUT2D eigenvalue weighted by atomic mass is 10.1. The molecule has 0 aliphatic heterocycles. The Kier molecular flexibility index (Phi) is 6.46. The monoisotopic (exact) mass is 239 g/mol. The van der Waals surface area contributed by atoms with Crippen LogP contribution in [0.1, 0.15) is 19.8 Å². The number of hydrogen-bond donors (Lipinski definition) is 3. The number of carbonyl (C=O) groups is 1. The Morgan fingerprint density at radius 2 is 2.07 bits per heavy atom. The fraction of sp³-hybridized carbons (Fsp3) is 0.875. The molecule has 0 saturated carbocycles. The number of hydrogen-bond acceptors (Lipinski definition) is 4. The van der Waals surface area contributed by atoms with Gasteiger partial charge in [0, 0.05) is 13.2 Å². The Balaban J connectivity index is 3.72. The number of aliphatic carboxylic acids is 1. The smallest absolute Gasteiger partial charge is 0.320 e. The van der Waals surface area contributed by atoms with Gasteiger partial charge in [-0.15, -0.1) is 0 Å². The van der Waals surface area contributed by atoms with E-state index in [-0.39, 0.29) is 19.1 Å². The molecule has 1 unspecified atom stereocenters. The van der Waals surface area contributed by atoms with Crippen molar-refractivity contribution in [1.29, 1.82) is 0 Å². The third-order valence-corrected chi connectivity index (χ3v) is 3.09. The van der Waals surface area contributed by atoms with Gasteiger partial charge in [0.05, 0.1) is 0 Å². The minimum Gasteiger partial charge on any atom is -0.480 e. The zero-order valence-corrected chi connectivity index (χ0v) is 9.46. The van der Waals surface area contributed by atoms with Crippen molar-refractivity contribution in [3.63, 3.8) is 0 Å². The van der Waals surface area contributed by atoms with E-state index in [1.165, 1.54) is 0 Å². The molecule has 0 heterocycles. The first-order valence-corrected chi connectivity index (χ1v) is 6.32. The van der Waals surface area contributed by atoms with Gasteiger partial charge in [-0.2, -0.15) is 0 Å². The number of nitrogens with one attached hydrogen (secondary N) is 1. The van der Waals surface area contributed by atoms with E-state index < -0.39 is 21.7 Å². The van der Waals surface area contributed by atoms with Crippen LogP contribution in [0.4, 0.5) is 0 Å². The van der Waals surface area contributed by atoms with Gasteiger partial charge in [-0.3, -0.25) is 4.79 Å². The zero-order valence-electron chi connectivity index (χ0n) is 8.64. The summed E-state index contributed by atoms with van der Waals surface area (Å²) in [6.45, 7) is 2.13. The lowest BCUT2D eigenvalue weighted by molar-refractivity contribution is -0.134. The molecule has 0 radical (unpaired) electrons. The molecule has 0 aliphatic carbocycles. The molecule has 0 amide bonds. The van der Waals surface area contributed by atoms with Crippen molar-refractivity contribution >= 4 is 16.0 Å². The molecule has 0 aliphatic rings. The van der Waals surface area contributed by atoms with Crippen LogP contribution in [-0.2, 0) is 14.8 Å². The summed E-state index contributed by atoms with van der Waals surface area (Å²) in [6, 6.07) is 0. The second-order valence-corrected chi connectivity index (χ2v) is 5.28. The summed E-state index contributed by atoms with van der Waals surface area (Å²) >= 11 is 0. The SMILES string of the molecule is CC(CO)CCCNS(=O)(=O)CC(=O)O. The molecule has 0 aromatic carbocycles. The van der Waals surface area contributed by atoms with Crippen molar-refractivity contribution in [2.45, 2.75) is 19.8 Å². The van der Waals surface area contributed by atoms with Crippen LogP contribution >= 0.6 is 0 Å². The largest absolute Gasteiger partial charge is 0.480 e. The van der Waals surface area contributed by atoms with Crippen LogP contribution in [0.5, 0.6) is 0 Å². The maximum atomic E-state index is 11.0. The zero-order chi connectivity index (χ0) is 11.9. The van der Waals surface area contributed by atoms with Crippen molar-refractivity contribution in [2.24, 2.45) is 5.92 Å². The van der Waals surface area contributed by atoms with Gasteiger partial charge in [-0.25, -0.2) is 13.1 Å². The van der Waals surface area contributed by atoms with E-state index in [9.17, 15) is 13.2 Å². The topological polar surface area (TPSA) is 104 Å². The lowest BCUT2D eigenvalue weighted by Gasteiger charge is -2.07. The lowest BCUT2D eigenvalue weighted by Crippen LogP contribution is -2.30. The van der Waals surface area contributed by atoms with Gasteiger partial charge in [0.2, 0.25) is 10.0 Å². The summed E-state index contributed by atoms with van der Waals surface area (Å²) in [5.41, 5.74) is 0. The fourth-order valence-corrected chi connectivity index (χ4v) is 1.87. The van der Waals surface area contributed by atoms with Gasteiger partial charge >= 0.3 is 5.97 Å². The van der Waals surface area contributed by atoms with Crippen molar-refractivity contribution in [3.8, 4) is 0 Å². The van der Waals surface area contributed by atoms with E-state index in [1.807, 2.05) is 6.92 Å². The molecule has 15 heavy (non-hydrogen) atoms. The Labute approximate surface area is 89.4 Å². The Hall–Kier alpha value is -0.660. The van der Waals surface area contributed by atoms with E-state index in [0.29, 0.717) is 12.8 Å². The maximum absolute atomic E-state index is 11.0. The third-order valence-electron chi connectivity index (χ3n) is 1.82. The summed E-state index contributed by atoms with van der Waals surface area (Å²) in [5, 5.41) is 17.0. The number of aliphatic hydroxyl groups is 1. The molecule has 6 nitrogen and oxygen atoms in total. The normalized spacial score (nSPS) is 13.7. The predicted molar refractivity (Wildman–Crippen MR) is 54.9 cm³/mol. The molecular formula is C8H17NO5S. The number of sulfonamides is 1. The van der Waals surface area contributed by atoms with Crippen LogP contribution in [-0.4, -0.2) is 43.5 Å². The molecule has 0 rings (SSSR count). The van der Waals surface area contributed by atoms with E-state index in [0.717, 1.165) is 0 Å². The van der Waals surface area contributed by atoms with Crippen LogP contribution < -0.4 is 4.72 Å². The summed E-state index contributed by atoms with van der Waals surface area (Å²) in [5.74, 6) is -2.14. The number of carboxylic acids is 1. The second-order valence-electron chi connectivity index (χ2n) is 3.48. The summed E-state index contributed by atoms with van der Waals surface area (Å²) in [7, 11) is -3.70. The average molecular weight is 239 g/mol. The highest BCUT2D eigenvalue weighted by Crippen LogP contribution is 2.02. The Morgan fingerprint density at radius 1 is 1.47 bits per heavy atom. The van der Waals surface area contributed by atoms with Crippen LogP contribution in [0.2, 0.25) is 0 Å². The van der Waals surface area contributed by atoms with E-state index in [1.54, 1.807) is 0 Å². The molecule has 0 aromatic rings. The van der Waals surface area contributed by atoms with Crippen LogP contribution in [0, 0.1) is 5.92 Å². The number of rotatable bonds is 8. The van der Waals surface area contributed by atoms with Crippen LogP contribution in [0.25, 0.3) is 0 Å². The molecule has 0 saturated heterocycles. The van der Waals surface area contributed by atoms with Gasteiger partial charge in [-0.05, 0) is 18.8 Å². The molecule has 7 heteroatoms. The maximum Gasteiger partial charge on any atom is 0.320 e. The molecule has 0 aromatic heterocycles. The van der Waals surface area contributed by atoms with Crippen molar-refractivity contribution in [3.05, 3.63) is 0 Å². The minimum absolute atomic E-state index is 0.0713. The minimum atomic E-state index is -3.70. The number of carboxylic acid groups (broad SMARTS) is 1. The van der Waals surface area contributed by atoms with E-state index >= 15 is 0 Å². The molecular weight excluding hydrogens is 222 g/mol. The van der Waals surface area contributed by atoms with Gasteiger partial charge < -0.3 is 10.2 Å². The molecule has 0 spiro atoms. The van der Waals surface area contributed by atoms with Crippen molar-refractivity contribution < 1.29 is 23.4 Å². The third kappa shape index (κ3) is 8.34.